The summed E-state index contributed by atoms with van der Waals surface area (Å²) in [6.45, 7) is 4.50. The number of hydrogen-bond donors (Lipinski definition) is 2. The third kappa shape index (κ3) is 6.23. The van der Waals surface area contributed by atoms with Crippen molar-refractivity contribution in [1.82, 2.24) is 4.72 Å². The van der Waals surface area contributed by atoms with Gasteiger partial charge in [-0.1, -0.05) is 46.0 Å². The van der Waals surface area contributed by atoms with E-state index in [1.54, 1.807) is 0 Å². The van der Waals surface area contributed by atoms with Gasteiger partial charge in [-0.05, 0) is 25.2 Å². The summed E-state index contributed by atoms with van der Waals surface area (Å²) in [6, 6.07) is 0. The fraction of sp³-hybridized carbons (Fsp3) is 1.00. The second-order valence-corrected chi connectivity index (χ2v) is 8.20. The Kier molecular flexibility index (Phi) is 6.77. The molecule has 0 bridgehead atoms. The monoisotopic (exact) mass is 290 g/mol. The van der Waals surface area contributed by atoms with E-state index in [0.29, 0.717) is 18.9 Å². The molecule has 0 aromatic heterocycles. The van der Waals surface area contributed by atoms with E-state index in [1.807, 2.05) is 13.8 Å². The number of nitrogens with two attached hydrogens (primary N) is 1. The molecule has 0 aromatic carbocycles. The van der Waals surface area contributed by atoms with Crippen molar-refractivity contribution < 1.29 is 8.42 Å². The number of nitrogens with one attached hydrogen (secondary N) is 1. The molecule has 19 heavy (non-hydrogen) atoms. The zero-order valence-corrected chi connectivity index (χ0v) is 13.3. The molecule has 5 heteroatoms. The molecule has 1 fully saturated rings. The average Bonchev–Trinajstić information content (AvgIpc) is 2.30. The highest BCUT2D eigenvalue weighted by Gasteiger charge is 2.33. The lowest BCUT2D eigenvalue weighted by atomic mass is 9.85. The summed E-state index contributed by atoms with van der Waals surface area (Å²) < 4.78 is 27.3. The lowest BCUT2D eigenvalue weighted by molar-refractivity contribution is 0.295. The molecule has 1 saturated carbocycles. The molecule has 1 aliphatic carbocycles. The van der Waals surface area contributed by atoms with Crippen molar-refractivity contribution >= 4 is 10.0 Å². The molecule has 3 N–H and O–H groups in total. The molecule has 0 aliphatic heterocycles. The molecular weight excluding hydrogens is 260 g/mol. The Labute approximate surface area is 118 Å². The van der Waals surface area contributed by atoms with Gasteiger partial charge in [0.2, 0.25) is 10.0 Å². The zero-order valence-electron chi connectivity index (χ0n) is 12.5. The van der Waals surface area contributed by atoms with Crippen molar-refractivity contribution in [3.05, 3.63) is 0 Å². The molecule has 114 valence electrons. The second-order valence-electron chi connectivity index (χ2n) is 6.36. The molecule has 0 heterocycles. The van der Waals surface area contributed by atoms with E-state index in [9.17, 15) is 8.42 Å². The Balaban J connectivity index is 2.66. The molecule has 0 spiro atoms. The van der Waals surface area contributed by atoms with Gasteiger partial charge >= 0.3 is 0 Å². The lowest BCUT2D eigenvalue weighted by Crippen LogP contribution is -2.54. The quantitative estimate of drug-likeness (QED) is 0.789. The summed E-state index contributed by atoms with van der Waals surface area (Å²) in [7, 11) is -3.20. The van der Waals surface area contributed by atoms with Crippen LogP contribution in [0.1, 0.15) is 65.2 Å². The maximum Gasteiger partial charge on any atom is 0.212 e. The third-order valence-corrected chi connectivity index (χ3v) is 5.55. The van der Waals surface area contributed by atoms with Gasteiger partial charge < -0.3 is 5.73 Å². The number of rotatable bonds is 6. The fourth-order valence-corrected chi connectivity index (χ4v) is 4.53. The van der Waals surface area contributed by atoms with E-state index in [0.717, 1.165) is 25.7 Å². The van der Waals surface area contributed by atoms with Crippen LogP contribution in [-0.2, 0) is 10.0 Å². The van der Waals surface area contributed by atoms with Gasteiger partial charge in [-0.15, -0.1) is 0 Å². The van der Waals surface area contributed by atoms with Gasteiger partial charge in [-0.25, -0.2) is 13.1 Å². The SMILES string of the molecule is CC(C)CCS(=O)(=O)NC1(CN)CCCCCCC1. The normalized spacial score (nSPS) is 21.1. The predicted molar refractivity (Wildman–Crippen MR) is 80.5 cm³/mol. The predicted octanol–water partition coefficient (Wildman–Crippen LogP) is 2.39. The van der Waals surface area contributed by atoms with Gasteiger partial charge in [0.05, 0.1) is 5.75 Å². The lowest BCUT2D eigenvalue weighted by Gasteiger charge is -2.35. The standard InChI is InChI=1S/C14H30N2O2S/c1-13(2)8-11-19(17,18)16-14(12-15)9-6-4-3-5-7-10-14/h13,16H,3-12,15H2,1-2H3. The Hall–Kier alpha value is -0.130. The largest absolute Gasteiger partial charge is 0.329 e. The van der Waals surface area contributed by atoms with Gasteiger partial charge in [0.1, 0.15) is 0 Å². The van der Waals surface area contributed by atoms with Crippen LogP contribution in [0.25, 0.3) is 0 Å². The fourth-order valence-electron chi connectivity index (χ4n) is 2.70. The Morgan fingerprint density at radius 3 is 2.11 bits per heavy atom. The Bertz CT molecular complexity index is 344. The van der Waals surface area contributed by atoms with Crippen molar-refractivity contribution in [1.29, 1.82) is 0 Å². The topological polar surface area (TPSA) is 72.2 Å². The van der Waals surface area contributed by atoms with Crippen LogP contribution >= 0.6 is 0 Å². The minimum Gasteiger partial charge on any atom is -0.329 e. The van der Waals surface area contributed by atoms with E-state index in [4.69, 9.17) is 5.73 Å². The van der Waals surface area contributed by atoms with Gasteiger partial charge in [-0.2, -0.15) is 0 Å². The van der Waals surface area contributed by atoms with E-state index in [-0.39, 0.29) is 5.75 Å². The summed E-state index contributed by atoms with van der Waals surface area (Å²) in [6.07, 6.45) is 8.25. The van der Waals surface area contributed by atoms with Crippen LogP contribution in [0.15, 0.2) is 0 Å². The highest BCUT2D eigenvalue weighted by molar-refractivity contribution is 7.89. The Morgan fingerprint density at radius 1 is 1.11 bits per heavy atom. The van der Waals surface area contributed by atoms with E-state index >= 15 is 0 Å². The molecule has 0 aromatic rings. The smallest absolute Gasteiger partial charge is 0.212 e. The molecule has 0 atom stereocenters. The summed E-state index contributed by atoms with van der Waals surface area (Å²) in [5.41, 5.74) is 5.50. The average molecular weight is 290 g/mol. The van der Waals surface area contributed by atoms with Crippen LogP contribution in [-0.4, -0.2) is 26.3 Å². The first-order chi connectivity index (χ1) is 8.89. The van der Waals surface area contributed by atoms with Crippen molar-refractivity contribution in [3.63, 3.8) is 0 Å². The molecule has 0 unspecified atom stereocenters. The second kappa shape index (κ2) is 7.60. The van der Waals surface area contributed by atoms with E-state index in [2.05, 4.69) is 4.72 Å². The molecule has 1 aliphatic rings. The van der Waals surface area contributed by atoms with Gasteiger partial charge in [0, 0.05) is 12.1 Å². The van der Waals surface area contributed by atoms with E-state index < -0.39 is 15.6 Å². The molecule has 0 amide bonds. The molecule has 0 saturated heterocycles. The van der Waals surface area contributed by atoms with Crippen molar-refractivity contribution in [3.8, 4) is 0 Å². The van der Waals surface area contributed by atoms with Crippen molar-refractivity contribution in [2.24, 2.45) is 11.7 Å². The number of hydrogen-bond acceptors (Lipinski definition) is 3. The van der Waals surface area contributed by atoms with Crippen LogP contribution in [0.2, 0.25) is 0 Å². The summed E-state index contributed by atoms with van der Waals surface area (Å²) in [5, 5.41) is 0. The van der Waals surface area contributed by atoms with Crippen LogP contribution < -0.4 is 10.5 Å². The zero-order chi connectivity index (χ0) is 14.4. The number of sulfonamides is 1. The first-order valence-electron chi connectivity index (χ1n) is 7.61. The van der Waals surface area contributed by atoms with Gasteiger partial charge in [-0.3, -0.25) is 0 Å². The van der Waals surface area contributed by atoms with Crippen molar-refractivity contribution in [2.45, 2.75) is 70.8 Å². The van der Waals surface area contributed by atoms with Crippen LogP contribution in [0.5, 0.6) is 0 Å². The minimum atomic E-state index is -3.20. The molecular formula is C14H30N2O2S. The van der Waals surface area contributed by atoms with Crippen LogP contribution in [0, 0.1) is 5.92 Å². The summed E-state index contributed by atoms with van der Waals surface area (Å²) in [4.78, 5) is 0. The van der Waals surface area contributed by atoms with E-state index in [1.165, 1.54) is 19.3 Å². The summed E-state index contributed by atoms with van der Waals surface area (Å²) >= 11 is 0. The maximum atomic E-state index is 12.2. The van der Waals surface area contributed by atoms with Gasteiger partial charge in [0.15, 0.2) is 0 Å². The Morgan fingerprint density at radius 2 is 1.63 bits per heavy atom. The first-order valence-corrected chi connectivity index (χ1v) is 9.26. The molecule has 0 radical (unpaired) electrons. The molecule has 1 rings (SSSR count). The highest BCUT2D eigenvalue weighted by atomic mass is 32.2. The third-order valence-electron chi connectivity index (χ3n) is 4.04. The molecule has 4 nitrogen and oxygen atoms in total. The van der Waals surface area contributed by atoms with Crippen LogP contribution in [0.3, 0.4) is 0 Å². The highest BCUT2D eigenvalue weighted by Crippen LogP contribution is 2.26. The first kappa shape index (κ1) is 16.9. The van der Waals surface area contributed by atoms with Crippen molar-refractivity contribution in [2.75, 3.05) is 12.3 Å². The van der Waals surface area contributed by atoms with Crippen LogP contribution in [0.4, 0.5) is 0 Å². The minimum absolute atomic E-state index is 0.215. The maximum absolute atomic E-state index is 12.2. The van der Waals surface area contributed by atoms with Gasteiger partial charge in [0.25, 0.3) is 0 Å². The summed E-state index contributed by atoms with van der Waals surface area (Å²) in [5.74, 6) is 0.620.